The van der Waals surface area contributed by atoms with E-state index in [9.17, 15) is 0 Å². The Labute approximate surface area is 115 Å². The predicted octanol–water partition coefficient (Wildman–Crippen LogP) is 4.96. The second-order valence-corrected chi connectivity index (χ2v) is 6.41. The van der Waals surface area contributed by atoms with Gasteiger partial charge in [0.1, 0.15) is 0 Å². The third kappa shape index (κ3) is 3.86. The first-order chi connectivity index (χ1) is 7.41. The summed E-state index contributed by atoms with van der Waals surface area (Å²) in [6.07, 6.45) is 2.20. The summed E-state index contributed by atoms with van der Waals surface area (Å²) in [5.41, 5.74) is 8.63. The molecule has 90 valence electrons. The molecule has 1 unspecified atom stereocenters. The van der Waals surface area contributed by atoms with Gasteiger partial charge in [-0.1, -0.05) is 45.7 Å². The molecule has 1 atom stereocenters. The molecule has 0 fully saturated rings. The number of halogens is 2. The van der Waals surface area contributed by atoms with Crippen LogP contribution in [0.25, 0.3) is 0 Å². The average molecular weight is 349 g/mol. The smallest absolute Gasteiger partial charge is 0.0306 e. The summed E-state index contributed by atoms with van der Waals surface area (Å²) < 4.78 is 2.25. The van der Waals surface area contributed by atoms with E-state index in [1.165, 1.54) is 17.5 Å². The summed E-state index contributed by atoms with van der Waals surface area (Å²) >= 11 is 7.14. The first-order valence-electron chi connectivity index (χ1n) is 5.63. The minimum atomic E-state index is 0.119. The van der Waals surface area contributed by atoms with Crippen LogP contribution in [-0.2, 0) is 0 Å². The zero-order valence-corrected chi connectivity index (χ0v) is 13.2. The van der Waals surface area contributed by atoms with Crippen molar-refractivity contribution < 1.29 is 0 Å². The van der Waals surface area contributed by atoms with Crippen molar-refractivity contribution in [2.45, 2.75) is 39.7 Å². The summed E-state index contributed by atoms with van der Waals surface area (Å²) in [7, 11) is 0. The van der Waals surface area contributed by atoms with Crippen molar-refractivity contribution in [1.82, 2.24) is 0 Å². The van der Waals surface area contributed by atoms with Crippen LogP contribution in [0.5, 0.6) is 0 Å². The molecule has 0 aliphatic rings. The molecule has 1 aromatic rings. The van der Waals surface area contributed by atoms with Crippen LogP contribution in [0, 0.1) is 12.8 Å². The summed E-state index contributed by atoms with van der Waals surface area (Å²) in [6.45, 7) is 6.54. The van der Waals surface area contributed by atoms with Gasteiger partial charge in [-0.2, -0.15) is 0 Å². The normalized spacial score (nSPS) is 13.2. The number of hydrogen-bond donors (Lipinski definition) is 1. The Hall–Kier alpha value is 0.140. The van der Waals surface area contributed by atoms with Crippen molar-refractivity contribution in [2.75, 3.05) is 0 Å². The molecule has 3 heteroatoms. The van der Waals surface area contributed by atoms with Gasteiger partial charge < -0.3 is 5.73 Å². The fourth-order valence-corrected chi connectivity index (χ4v) is 2.73. The summed E-state index contributed by atoms with van der Waals surface area (Å²) in [5, 5.41) is 0. The monoisotopic (exact) mass is 347 g/mol. The Kier molecular flexibility index (Phi) is 5.48. The Morgan fingerprint density at radius 1 is 1.12 bits per heavy atom. The molecule has 0 saturated heterocycles. The van der Waals surface area contributed by atoms with E-state index in [1.54, 1.807) is 0 Å². The van der Waals surface area contributed by atoms with Gasteiger partial charge in [-0.3, -0.25) is 0 Å². The van der Waals surface area contributed by atoms with Gasteiger partial charge in [0.2, 0.25) is 0 Å². The van der Waals surface area contributed by atoms with E-state index < -0.39 is 0 Å². The molecule has 0 aliphatic carbocycles. The molecule has 0 radical (unpaired) electrons. The second-order valence-electron chi connectivity index (χ2n) is 4.70. The van der Waals surface area contributed by atoms with Crippen molar-refractivity contribution in [3.05, 3.63) is 32.2 Å². The van der Waals surface area contributed by atoms with Crippen molar-refractivity contribution >= 4 is 31.9 Å². The van der Waals surface area contributed by atoms with Crippen molar-refractivity contribution in [2.24, 2.45) is 11.7 Å². The van der Waals surface area contributed by atoms with E-state index in [0.29, 0.717) is 5.92 Å². The van der Waals surface area contributed by atoms with E-state index >= 15 is 0 Å². The Morgan fingerprint density at radius 2 is 1.75 bits per heavy atom. The first kappa shape index (κ1) is 14.2. The van der Waals surface area contributed by atoms with Crippen LogP contribution < -0.4 is 5.73 Å². The highest BCUT2D eigenvalue weighted by Gasteiger charge is 2.12. The number of rotatable bonds is 4. The lowest BCUT2D eigenvalue weighted by Crippen LogP contribution is -2.12. The molecule has 0 saturated carbocycles. The molecule has 0 aromatic heterocycles. The van der Waals surface area contributed by atoms with Crippen molar-refractivity contribution in [3.8, 4) is 0 Å². The molecular weight excluding hydrogens is 330 g/mol. The lowest BCUT2D eigenvalue weighted by Gasteiger charge is -2.16. The highest BCUT2D eigenvalue weighted by atomic mass is 79.9. The molecule has 0 aliphatic heterocycles. The fourth-order valence-electron chi connectivity index (χ4n) is 1.61. The molecule has 0 amide bonds. The van der Waals surface area contributed by atoms with Gasteiger partial charge in [0.25, 0.3) is 0 Å². The van der Waals surface area contributed by atoms with Gasteiger partial charge in [0.15, 0.2) is 0 Å². The van der Waals surface area contributed by atoms with Gasteiger partial charge in [-0.15, -0.1) is 0 Å². The number of nitrogens with two attached hydrogens (primary N) is 1. The standard InChI is InChI=1S/C13H19Br2N/c1-8(2)4-5-13(16)10-7-11(14)9(3)6-12(10)15/h6-8,13H,4-5,16H2,1-3H3. The summed E-state index contributed by atoms with van der Waals surface area (Å²) in [5.74, 6) is 0.707. The number of aryl methyl sites for hydroxylation is 1. The summed E-state index contributed by atoms with van der Waals surface area (Å²) in [6, 6.07) is 4.37. The average Bonchev–Trinajstić information content (AvgIpc) is 2.20. The minimum Gasteiger partial charge on any atom is -0.324 e. The van der Waals surface area contributed by atoms with E-state index in [4.69, 9.17) is 5.73 Å². The zero-order valence-electron chi connectivity index (χ0n) is 10.1. The van der Waals surface area contributed by atoms with Crippen LogP contribution in [0.4, 0.5) is 0 Å². The SMILES string of the molecule is Cc1cc(Br)c(C(N)CCC(C)C)cc1Br. The molecule has 16 heavy (non-hydrogen) atoms. The largest absolute Gasteiger partial charge is 0.324 e. The molecular formula is C13H19Br2N. The molecule has 1 aromatic carbocycles. The third-order valence-corrected chi connectivity index (χ3v) is 4.27. The quantitative estimate of drug-likeness (QED) is 0.817. The molecule has 0 bridgehead atoms. The number of hydrogen-bond acceptors (Lipinski definition) is 1. The second kappa shape index (κ2) is 6.18. The van der Waals surface area contributed by atoms with Crippen LogP contribution in [0.1, 0.15) is 43.9 Å². The Bertz CT molecular complexity index is 361. The van der Waals surface area contributed by atoms with Gasteiger partial charge in [0.05, 0.1) is 0 Å². The van der Waals surface area contributed by atoms with Crippen molar-refractivity contribution in [1.29, 1.82) is 0 Å². The van der Waals surface area contributed by atoms with Gasteiger partial charge in [-0.25, -0.2) is 0 Å². The molecule has 1 nitrogen and oxygen atoms in total. The highest BCUT2D eigenvalue weighted by Crippen LogP contribution is 2.31. The number of benzene rings is 1. The maximum absolute atomic E-state index is 6.21. The third-order valence-electron chi connectivity index (χ3n) is 2.73. The van der Waals surface area contributed by atoms with Crippen LogP contribution in [0.15, 0.2) is 21.1 Å². The van der Waals surface area contributed by atoms with E-state index in [-0.39, 0.29) is 6.04 Å². The molecule has 2 N–H and O–H groups in total. The lowest BCUT2D eigenvalue weighted by molar-refractivity contribution is 0.506. The zero-order chi connectivity index (χ0) is 12.3. The Balaban J connectivity index is 2.82. The highest BCUT2D eigenvalue weighted by molar-refractivity contribution is 9.11. The summed E-state index contributed by atoms with van der Waals surface area (Å²) in [4.78, 5) is 0. The predicted molar refractivity (Wildman–Crippen MR) is 77.6 cm³/mol. The lowest BCUT2D eigenvalue weighted by atomic mass is 9.98. The van der Waals surface area contributed by atoms with Crippen LogP contribution in [0.2, 0.25) is 0 Å². The molecule has 0 spiro atoms. The van der Waals surface area contributed by atoms with E-state index in [1.807, 2.05) is 0 Å². The van der Waals surface area contributed by atoms with Crippen molar-refractivity contribution in [3.63, 3.8) is 0 Å². The maximum atomic E-state index is 6.21. The van der Waals surface area contributed by atoms with E-state index in [0.717, 1.165) is 15.4 Å². The van der Waals surface area contributed by atoms with Gasteiger partial charge in [0, 0.05) is 15.0 Å². The van der Waals surface area contributed by atoms with Crippen LogP contribution in [0.3, 0.4) is 0 Å². The van der Waals surface area contributed by atoms with Gasteiger partial charge >= 0.3 is 0 Å². The first-order valence-corrected chi connectivity index (χ1v) is 7.21. The molecule has 1 rings (SSSR count). The topological polar surface area (TPSA) is 26.0 Å². The minimum absolute atomic E-state index is 0.119. The van der Waals surface area contributed by atoms with Gasteiger partial charge in [-0.05, 0) is 48.9 Å². The maximum Gasteiger partial charge on any atom is 0.0306 e. The van der Waals surface area contributed by atoms with Crippen LogP contribution in [-0.4, -0.2) is 0 Å². The van der Waals surface area contributed by atoms with Crippen LogP contribution >= 0.6 is 31.9 Å². The fraction of sp³-hybridized carbons (Fsp3) is 0.538. The molecule has 0 heterocycles. The Morgan fingerprint density at radius 3 is 2.31 bits per heavy atom. The van der Waals surface area contributed by atoms with E-state index in [2.05, 4.69) is 64.8 Å².